The minimum Gasteiger partial charge on any atom is -0.166 e. The molecule has 0 spiro atoms. The molecule has 3 aromatic rings. The Kier molecular flexibility index (Phi) is 3.87. The van der Waals surface area contributed by atoms with Crippen LogP contribution in [0.15, 0.2) is 66.7 Å². The molecule has 25 heavy (non-hydrogen) atoms. The summed E-state index contributed by atoms with van der Waals surface area (Å²) in [5.41, 5.74) is 4.98. The van der Waals surface area contributed by atoms with Gasteiger partial charge in [0.2, 0.25) is 0 Å². The van der Waals surface area contributed by atoms with E-state index in [0.717, 1.165) is 27.8 Å². The van der Waals surface area contributed by atoms with Crippen molar-refractivity contribution >= 4 is 0 Å². The second kappa shape index (κ2) is 6.07. The van der Waals surface area contributed by atoms with E-state index < -0.39 is 11.7 Å². The lowest BCUT2D eigenvalue weighted by Gasteiger charge is -2.17. The number of rotatable bonds is 3. The predicted molar refractivity (Wildman–Crippen MR) is 93.5 cm³/mol. The third-order valence-electron chi connectivity index (χ3n) is 4.92. The molecule has 126 valence electrons. The van der Waals surface area contributed by atoms with Crippen molar-refractivity contribution in [3.63, 3.8) is 0 Å². The van der Waals surface area contributed by atoms with Gasteiger partial charge in [-0.2, -0.15) is 13.2 Å². The lowest BCUT2D eigenvalue weighted by atomic mass is 9.91. The first-order valence-electron chi connectivity index (χ1n) is 8.38. The normalized spacial score (nSPS) is 12.8. The number of benzene rings is 3. The fourth-order valence-corrected chi connectivity index (χ4v) is 3.74. The smallest absolute Gasteiger partial charge is 0.166 e. The highest BCUT2D eigenvalue weighted by atomic mass is 19.4. The number of hydrogen-bond acceptors (Lipinski definition) is 0. The first kappa shape index (κ1) is 15.9. The molecule has 0 radical (unpaired) electrons. The van der Waals surface area contributed by atoms with Gasteiger partial charge in [-0.05, 0) is 58.7 Å². The van der Waals surface area contributed by atoms with Crippen LogP contribution in [-0.4, -0.2) is 0 Å². The molecule has 4 rings (SSSR count). The molecule has 0 N–H and O–H groups in total. The van der Waals surface area contributed by atoms with Crippen molar-refractivity contribution in [2.45, 2.75) is 25.4 Å². The maximum atomic E-state index is 13.6. The van der Waals surface area contributed by atoms with Gasteiger partial charge in [-0.25, -0.2) is 0 Å². The molecule has 0 unspecified atom stereocenters. The summed E-state index contributed by atoms with van der Waals surface area (Å²) < 4.78 is 40.7. The molecule has 0 fully saturated rings. The van der Waals surface area contributed by atoms with Gasteiger partial charge in [0.1, 0.15) is 0 Å². The molecule has 1 aliphatic carbocycles. The molecular formula is C22H17F3. The fourth-order valence-electron chi connectivity index (χ4n) is 3.74. The van der Waals surface area contributed by atoms with Crippen LogP contribution in [0.3, 0.4) is 0 Å². The minimum absolute atomic E-state index is 0.399. The zero-order valence-electron chi connectivity index (χ0n) is 13.6. The second-order valence-corrected chi connectivity index (χ2v) is 6.44. The van der Waals surface area contributed by atoms with Crippen LogP contribution in [0.2, 0.25) is 0 Å². The quantitative estimate of drug-likeness (QED) is 0.426. The summed E-state index contributed by atoms with van der Waals surface area (Å²) in [4.78, 5) is 0. The van der Waals surface area contributed by atoms with Crippen LogP contribution in [-0.2, 0) is 25.4 Å². The summed E-state index contributed by atoms with van der Waals surface area (Å²) in [5.74, 6) is 0. The van der Waals surface area contributed by atoms with Crippen molar-refractivity contribution in [2.75, 3.05) is 0 Å². The molecular weight excluding hydrogens is 321 g/mol. The van der Waals surface area contributed by atoms with Crippen LogP contribution >= 0.6 is 0 Å². The van der Waals surface area contributed by atoms with Gasteiger partial charge in [-0.15, -0.1) is 0 Å². The van der Waals surface area contributed by atoms with E-state index in [1.165, 1.54) is 6.07 Å². The van der Waals surface area contributed by atoms with Crippen molar-refractivity contribution in [3.05, 3.63) is 94.5 Å². The number of halogens is 3. The summed E-state index contributed by atoms with van der Waals surface area (Å²) in [6, 6.07) is 20.5. The van der Waals surface area contributed by atoms with Gasteiger partial charge in [-0.3, -0.25) is 0 Å². The minimum atomic E-state index is -4.32. The fraction of sp³-hybridized carbons (Fsp3) is 0.182. The Hall–Kier alpha value is -2.55. The van der Waals surface area contributed by atoms with Crippen molar-refractivity contribution in [1.82, 2.24) is 0 Å². The Morgan fingerprint density at radius 2 is 1.44 bits per heavy atom. The molecule has 1 aliphatic rings. The monoisotopic (exact) mass is 338 g/mol. The first-order chi connectivity index (χ1) is 12.0. The van der Waals surface area contributed by atoms with Gasteiger partial charge in [0.05, 0.1) is 5.56 Å². The van der Waals surface area contributed by atoms with Crippen molar-refractivity contribution in [1.29, 1.82) is 0 Å². The van der Waals surface area contributed by atoms with Gasteiger partial charge in [-0.1, -0.05) is 60.7 Å². The molecule has 0 saturated carbocycles. The first-order valence-corrected chi connectivity index (χ1v) is 8.38. The van der Waals surface area contributed by atoms with E-state index in [1.54, 1.807) is 6.07 Å². The summed E-state index contributed by atoms with van der Waals surface area (Å²) in [7, 11) is 0. The maximum Gasteiger partial charge on any atom is 0.416 e. The Balaban J connectivity index is 1.78. The predicted octanol–water partition coefficient (Wildman–Crippen LogP) is 6.06. The average Bonchev–Trinajstić information content (AvgIpc) is 2.98. The molecule has 0 aliphatic heterocycles. The van der Waals surface area contributed by atoms with E-state index in [1.807, 2.05) is 54.6 Å². The molecule has 3 heteroatoms. The van der Waals surface area contributed by atoms with E-state index in [0.29, 0.717) is 24.8 Å². The largest absolute Gasteiger partial charge is 0.416 e. The molecule has 0 aromatic heterocycles. The van der Waals surface area contributed by atoms with Gasteiger partial charge in [0.15, 0.2) is 0 Å². The molecule has 3 aromatic carbocycles. The van der Waals surface area contributed by atoms with Crippen LogP contribution < -0.4 is 0 Å². The Bertz CT molecular complexity index is 908. The van der Waals surface area contributed by atoms with E-state index >= 15 is 0 Å². The number of aryl methyl sites for hydroxylation is 1. The molecule has 0 nitrogen and oxygen atoms in total. The van der Waals surface area contributed by atoms with Crippen LogP contribution in [0, 0.1) is 0 Å². The molecule has 0 heterocycles. The number of fused-ring (bicyclic) bond motifs is 3. The van der Waals surface area contributed by atoms with Gasteiger partial charge < -0.3 is 0 Å². The highest BCUT2D eigenvalue weighted by molar-refractivity contribution is 5.78. The highest BCUT2D eigenvalue weighted by Gasteiger charge is 2.36. The van der Waals surface area contributed by atoms with E-state index in [4.69, 9.17) is 0 Å². The summed E-state index contributed by atoms with van der Waals surface area (Å²) >= 11 is 0. The Morgan fingerprint density at radius 1 is 0.720 bits per heavy atom. The van der Waals surface area contributed by atoms with E-state index in [-0.39, 0.29) is 0 Å². The molecule has 0 amide bonds. The Morgan fingerprint density at radius 3 is 2.20 bits per heavy atom. The Labute approximate surface area is 144 Å². The van der Waals surface area contributed by atoms with Crippen LogP contribution in [0.4, 0.5) is 13.2 Å². The number of hydrogen-bond donors (Lipinski definition) is 0. The lowest BCUT2D eigenvalue weighted by Crippen LogP contribution is -2.12. The summed E-state index contributed by atoms with van der Waals surface area (Å²) in [5, 5.41) is 0. The summed E-state index contributed by atoms with van der Waals surface area (Å²) in [6.45, 7) is 0. The van der Waals surface area contributed by atoms with E-state index in [2.05, 4.69) is 0 Å². The number of alkyl halides is 3. The SMILES string of the molecule is FC(F)(F)c1ccc2c(c1CCc1ccccc1)Cc1ccccc1-2. The maximum absolute atomic E-state index is 13.6. The molecule has 0 atom stereocenters. The summed E-state index contributed by atoms with van der Waals surface area (Å²) in [6.07, 6.45) is -2.73. The molecule has 0 bridgehead atoms. The standard InChI is InChI=1S/C22H17F3/c23-22(24,25)21-13-12-18-17-9-5-4-8-16(17)14-20(18)19(21)11-10-15-6-2-1-3-7-15/h1-9,12-13H,10-11,14H2. The van der Waals surface area contributed by atoms with Gasteiger partial charge in [0, 0.05) is 0 Å². The highest BCUT2D eigenvalue weighted by Crippen LogP contribution is 2.43. The molecule has 0 saturated heterocycles. The van der Waals surface area contributed by atoms with Crippen LogP contribution in [0.5, 0.6) is 0 Å². The lowest BCUT2D eigenvalue weighted by molar-refractivity contribution is -0.138. The third-order valence-corrected chi connectivity index (χ3v) is 4.92. The van der Waals surface area contributed by atoms with Crippen molar-refractivity contribution in [3.8, 4) is 11.1 Å². The van der Waals surface area contributed by atoms with Crippen molar-refractivity contribution in [2.24, 2.45) is 0 Å². The van der Waals surface area contributed by atoms with Gasteiger partial charge >= 0.3 is 6.18 Å². The average molecular weight is 338 g/mol. The topological polar surface area (TPSA) is 0 Å². The zero-order valence-corrected chi connectivity index (χ0v) is 13.6. The third kappa shape index (κ3) is 2.95. The van der Waals surface area contributed by atoms with Crippen LogP contribution in [0.1, 0.15) is 27.8 Å². The second-order valence-electron chi connectivity index (χ2n) is 6.44. The van der Waals surface area contributed by atoms with Crippen molar-refractivity contribution < 1.29 is 13.2 Å². The zero-order chi connectivity index (χ0) is 17.4. The van der Waals surface area contributed by atoms with Crippen LogP contribution in [0.25, 0.3) is 11.1 Å². The van der Waals surface area contributed by atoms with E-state index in [9.17, 15) is 13.2 Å². The van der Waals surface area contributed by atoms with Gasteiger partial charge in [0.25, 0.3) is 0 Å².